The van der Waals surface area contributed by atoms with Crippen molar-refractivity contribution in [1.29, 1.82) is 0 Å². The van der Waals surface area contributed by atoms with Crippen molar-refractivity contribution in [2.45, 2.75) is 62.1 Å². The smallest absolute Gasteiger partial charge is 0.320 e. The topological polar surface area (TPSA) is 43.8 Å². The zero-order valence-corrected chi connectivity index (χ0v) is 15.5. The van der Waals surface area contributed by atoms with E-state index in [1.54, 1.807) is 0 Å². The Balaban J connectivity index is 1.32. The number of rotatable bonds is 1. The lowest BCUT2D eigenvalue weighted by Gasteiger charge is -2.59. The third-order valence-electron chi connectivity index (χ3n) is 8.42. The number of benzene rings is 1. The van der Waals surface area contributed by atoms with Gasteiger partial charge in [-0.05, 0) is 73.8 Å². The second kappa shape index (κ2) is 4.83. The van der Waals surface area contributed by atoms with Crippen LogP contribution < -0.4 is 0 Å². The highest BCUT2D eigenvalue weighted by atomic mass is 16.3. The van der Waals surface area contributed by atoms with Crippen molar-refractivity contribution < 1.29 is 9.90 Å². The maximum Gasteiger partial charge on any atom is 0.320 e. The molecule has 6 aliphatic rings. The SMILES string of the molecule is CN1C(=O)N(C2C3CC4CC2CC(O)(C4)C3)CC12Cc1ccccc1C2. The van der Waals surface area contributed by atoms with Gasteiger partial charge in [-0.15, -0.1) is 0 Å². The van der Waals surface area contributed by atoms with Gasteiger partial charge in [-0.3, -0.25) is 0 Å². The molecule has 1 aromatic rings. The minimum atomic E-state index is -0.428. The fourth-order valence-corrected chi connectivity index (χ4v) is 7.61. The molecule has 1 aliphatic heterocycles. The van der Waals surface area contributed by atoms with E-state index in [2.05, 4.69) is 29.2 Å². The highest BCUT2D eigenvalue weighted by Gasteiger charge is 2.60. The zero-order chi connectivity index (χ0) is 17.7. The number of aliphatic hydroxyl groups is 1. The third kappa shape index (κ3) is 1.91. The maximum absolute atomic E-state index is 13.3. The van der Waals surface area contributed by atoms with Crippen LogP contribution in [0.1, 0.15) is 43.2 Å². The molecule has 7 rings (SSSR count). The molecule has 26 heavy (non-hydrogen) atoms. The lowest BCUT2D eigenvalue weighted by Crippen LogP contribution is -2.62. The highest BCUT2D eigenvalue weighted by molar-refractivity contribution is 5.79. The summed E-state index contributed by atoms with van der Waals surface area (Å²) in [6, 6.07) is 9.26. The Hall–Kier alpha value is -1.55. The summed E-state index contributed by atoms with van der Waals surface area (Å²) in [4.78, 5) is 17.6. The molecule has 0 radical (unpaired) electrons. The molecule has 5 fully saturated rings. The van der Waals surface area contributed by atoms with Crippen molar-refractivity contribution in [1.82, 2.24) is 9.80 Å². The molecule has 1 spiro atoms. The van der Waals surface area contributed by atoms with Crippen molar-refractivity contribution in [2.24, 2.45) is 17.8 Å². The van der Waals surface area contributed by atoms with E-state index in [9.17, 15) is 9.90 Å². The molecule has 4 heteroatoms. The number of likely N-dealkylation sites (N-methyl/N-ethyl adjacent to an activating group) is 1. The number of amides is 2. The molecule has 0 aromatic heterocycles. The van der Waals surface area contributed by atoms with E-state index in [1.165, 1.54) is 24.0 Å². The van der Waals surface area contributed by atoms with Crippen LogP contribution >= 0.6 is 0 Å². The Morgan fingerprint density at radius 3 is 2.23 bits per heavy atom. The summed E-state index contributed by atoms with van der Waals surface area (Å²) in [7, 11) is 2.01. The molecule has 5 aliphatic carbocycles. The summed E-state index contributed by atoms with van der Waals surface area (Å²) >= 11 is 0. The van der Waals surface area contributed by atoms with Crippen LogP contribution in [-0.2, 0) is 12.8 Å². The number of fused-ring (bicyclic) bond motifs is 1. The van der Waals surface area contributed by atoms with E-state index < -0.39 is 5.60 Å². The second-order valence-electron chi connectivity index (χ2n) is 10.0. The molecule has 4 saturated carbocycles. The molecule has 2 atom stereocenters. The zero-order valence-electron chi connectivity index (χ0n) is 15.5. The highest BCUT2D eigenvalue weighted by Crippen LogP contribution is 2.58. The Bertz CT molecular complexity index is 749. The van der Waals surface area contributed by atoms with Gasteiger partial charge in [-0.2, -0.15) is 0 Å². The average Bonchev–Trinajstić information content (AvgIpc) is 3.06. The van der Waals surface area contributed by atoms with Gasteiger partial charge in [-0.1, -0.05) is 24.3 Å². The van der Waals surface area contributed by atoms with Gasteiger partial charge >= 0.3 is 6.03 Å². The molecule has 1 aromatic carbocycles. The van der Waals surface area contributed by atoms with Crippen LogP contribution in [0.3, 0.4) is 0 Å². The Kier molecular flexibility index (Phi) is 2.88. The van der Waals surface area contributed by atoms with E-state index in [-0.39, 0.29) is 11.6 Å². The quantitative estimate of drug-likeness (QED) is 0.845. The van der Waals surface area contributed by atoms with Gasteiger partial charge in [0.15, 0.2) is 0 Å². The summed E-state index contributed by atoms with van der Waals surface area (Å²) < 4.78 is 0. The normalized spacial score (nSPS) is 42.2. The van der Waals surface area contributed by atoms with Crippen molar-refractivity contribution in [2.75, 3.05) is 13.6 Å². The monoisotopic (exact) mass is 352 g/mol. The summed E-state index contributed by atoms with van der Waals surface area (Å²) in [5.74, 6) is 1.69. The second-order valence-corrected chi connectivity index (χ2v) is 10.0. The Morgan fingerprint density at radius 1 is 1.04 bits per heavy atom. The average molecular weight is 352 g/mol. The van der Waals surface area contributed by atoms with Crippen molar-refractivity contribution >= 4 is 6.03 Å². The van der Waals surface area contributed by atoms with Gasteiger partial charge < -0.3 is 14.9 Å². The number of urea groups is 1. The first-order valence-electron chi connectivity index (χ1n) is 10.3. The van der Waals surface area contributed by atoms with Crippen LogP contribution in [0.5, 0.6) is 0 Å². The van der Waals surface area contributed by atoms with Crippen molar-refractivity contribution in [3.8, 4) is 0 Å². The number of nitrogens with zero attached hydrogens (tertiary/aromatic N) is 2. The summed E-state index contributed by atoms with van der Waals surface area (Å²) in [6.07, 6.45) is 7.21. The van der Waals surface area contributed by atoms with Crippen LogP contribution in [0.25, 0.3) is 0 Å². The van der Waals surface area contributed by atoms with E-state index >= 15 is 0 Å². The lowest BCUT2D eigenvalue weighted by atomic mass is 9.52. The standard InChI is InChI=1S/C22H28N2O2/c1-23-20(25)24(13-21(23)9-15-4-2-3-5-16(15)10-21)19-17-6-14-7-18(19)12-22(26,8-14)11-17/h2-5,14,17-19,26H,6-13H2,1H3. The maximum atomic E-state index is 13.3. The molecule has 2 amide bonds. The van der Waals surface area contributed by atoms with Crippen molar-refractivity contribution in [3.63, 3.8) is 0 Å². The summed E-state index contributed by atoms with van der Waals surface area (Å²) in [5.41, 5.74) is 2.33. The predicted molar refractivity (Wildman–Crippen MR) is 98.7 cm³/mol. The molecule has 1 heterocycles. The molecule has 1 N–H and O–H groups in total. The predicted octanol–water partition coefficient (Wildman–Crippen LogP) is 2.83. The Labute approximate surface area is 155 Å². The minimum absolute atomic E-state index is 0.0632. The molecule has 4 nitrogen and oxygen atoms in total. The van der Waals surface area contributed by atoms with Gasteiger partial charge in [0.1, 0.15) is 0 Å². The number of hydrogen-bond donors (Lipinski definition) is 1. The lowest BCUT2D eigenvalue weighted by molar-refractivity contribution is -0.152. The van der Waals surface area contributed by atoms with E-state index in [0.717, 1.165) is 38.6 Å². The number of hydrogen-bond acceptors (Lipinski definition) is 2. The van der Waals surface area contributed by atoms with Crippen LogP contribution in [0, 0.1) is 17.8 Å². The first-order valence-corrected chi connectivity index (χ1v) is 10.3. The molecule has 1 saturated heterocycles. The molecular weight excluding hydrogens is 324 g/mol. The van der Waals surface area contributed by atoms with Crippen LogP contribution in [0.4, 0.5) is 4.79 Å². The van der Waals surface area contributed by atoms with Gasteiger partial charge in [0.05, 0.1) is 11.1 Å². The molecule has 4 bridgehead atoms. The Morgan fingerprint density at radius 2 is 1.65 bits per heavy atom. The van der Waals surface area contributed by atoms with Gasteiger partial charge in [-0.25, -0.2) is 4.79 Å². The first kappa shape index (κ1) is 15.5. The number of carbonyl (C=O) groups excluding carboxylic acids is 1. The fraction of sp³-hybridized carbons (Fsp3) is 0.682. The van der Waals surface area contributed by atoms with E-state index in [0.29, 0.717) is 23.8 Å². The molecule has 2 unspecified atom stereocenters. The molecule has 138 valence electrons. The van der Waals surface area contributed by atoms with Crippen LogP contribution in [0.15, 0.2) is 24.3 Å². The van der Waals surface area contributed by atoms with Gasteiger partial charge in [0.2, 0.25) is 0 Å². The summed E-state index contributed by atoms with van der Waals surface area (Å²) in [5, 5.41) is 10.9. The van der Waals surface area contributed by atoms with Gasteiger partial charge in [0, 0.05) is 19.6 Å². The third-order valence-corrected chi connectivity index (χ3v) is 8.42. The minimum Gasteiger partial charge on any atom is -0.390 e. The van der Waals surface area contributed by atoms with Crippen LogP contribution in [-0.4, -0.2) is 51.7 Å². The van der Waals surface area contributed by atoms with Crippen molar-refractivity contribution in [3.05, 3.63) is 35.4 Å². The van der Waals surface area contributed by atoms with E-state index in [4.69, 9.17) is 0 Å². The molecular formula is C22H28N2O2. The van der Waals surface area contributed by atoms with Crippen LogP contribution in [0.2, 0.25) is 0 Å². The number of carbonyl (C=O) groups is 1. The largest absolute Gasteiger partial charge is 0.390 e. The van der Waals surface area contributed by atoms with Gasteiger partial charge in [0.25, 0.3) is 0 Å². The first-order chi connectivity index (χ1) is 12.5. The van der Waals surface area contributed by atoms with E-state index in [1.807, 2.05) is 11.9 Å². The fourth-order valence-electron chi connectivity index (χ4n) is 7.61. The summed E-state index contributed by atoms with van der Waals surface area (Å²) in [6.45, 7) is 0.859.